The van der Waals surface area contributed by atoms with E-state index in [4.69, 9.17) is 9.47 Å². The number of methoxy groups -OCH3 is 1. The van der Waals surface area contributed by atoms with E-state index >= 15 is 0 Å². The van der Waals surface area contributed by atoms with Crippen LogP contribution >= 0.6 is 0 Å². The molecule has 7 heteroatoms. The van der Waals surface area contributed by atoms with Crippen LogP contribution in [0, 0.1) is 0 Å². The van der Waals surface area contributed by atoms with E-state index in [2.05, 4.69) is 0 Å². The smallest absolute Gasteiger partial charge is 0.351 e. The van der Waals surface area contributed by atoms with Crippen molar-refractivity contribution in [2.75, 3.05) is 27.8 Å². The van der Waals surface area contributed by atoms with Crippen molar-refractivity contribution in [2.45, 2.75) is 11.8 Å². The molecule has 0 aliphatic carbocycles. The summed E-state index contributed by atoms with van der Waals surface area (Å²) < 4.78 is 34.9. The maximum atomic E-state index is 12.5. The third-order valence-electron chi connectivity index (χ3n) is 2.51. The number of carbonyl (C=O) groups is 1. The molecule has 0 unspecified atom stereocenters. The molecule has 0 fully saturated rings. The molecule has 0 aliphatic heterocycles. The highest BCUT2D eigenvalue weighted by atomic mass is 32.2. The number of carbonyl (C=O) groups excluding carboxylic acids is 1. The predicted octanol–water partition coefficient (Wildman–Crippen LogP) is 1.43. The first kappa shape index (κ1) is 17.0. The number of sulfone groups is 1. The Balaban J connectivity index is 3.29. The molecule has 21 heavy (non-hydrogen) atoms. The summed E-state index contributed by atoms with van der Waals surface area (Å²) in [6.45, 7) is 1.72. The van der Waals surface area contributed by atoms with Gasteiger partial charge in [0.05, 0.1) is 18.6 Å². The third-order valence-corrected chi connectivity index (χ3v) is 4.26. The summed E-state index contributed by atoms with van der Waals surface area (Å²) in [6, 6.07) is 5.81. The summed E-state index contributed by atoms with van der Waals surface area (Å²) in [5.41, 5.74) is 0. The fourth-order valence-electron chi connectivity index (χ4n) is 1.55. The van der Waals surface area contributed by atoms with Crippen molar-refractivity contribution < 1.29 is 22.7 Å². The number of benzene rings is 1. The molecule has 0 atom stereocenters. The molecule has 0 aromatic heterocycles. The molecule has 0 N–H and O–H groups in total. The number of hydrogen-bond acceptors (Lipinski definition) is 6. The van der Waals surface area contributed by atoms with Crippen LogP contribution in [0.15, 0.2) is 40.3 Å². The van der Waals surface area contributed by atoms with Crippen LogP contribution in [0.1, 0.15) is 6.92 Å². The summed E-state index contributed by atoms with van der Waals surface area (Å²) in [5, 5.41) is 0. The second-order valence-electron chi connectivity index (χ2n) is 4.36. The zero-order valence-corrected chi connectivity index (χ0v) is 13.3. The van der Waals surface area contributed by atoms with Crippen molar-refractivity contribution in [2.24, 2.45) is 0 Å². The van der Waals surface area contributed by atoms with Crippen LogP contribution in [-0.4, -0.2) is 47.1 Å². The highest BCUT2D eigenvalue weighted by Crippen LogP contribution is 2.23. The maximum absolute atomic E-state index is 12.5. The monoisotopic (exact) mass is 313 g/mol. The second kappa shape index (κ2) is 7.12. The Bertz CT molecular complexity index is 617. The molecule has 6 nitrogen and oxygen atoms in total. The van der Waals surface area contributed by atoms with Gasteiger partial charge in [-0.25, -0.2) is 13.2 Å². The Kier molecular flexibility index (Phi) is 5.78. The van der Waals surface area contributed by atoms with Gasteiger partial charge in [0.1, 0.15) is 5.75 Å². The molecule has 0 saturated carbocycles. The predicted molar refractivity (Wildman–Crippen MR) is 78.6 cm³/mol. The van der Waals surface area contributed by atoms with Gasteiger partial charge >= 0.3 is 5.97 Å². The summed E-state index contributed by atoms with van der Waals surface area (Å²) in [4.78, 5) is 13.0. The number of rotatable bonds is 6. The van der Waals surface area contributed by atoms with Crippen LogP contribution in [0.3, 0.4) is 0 Å². The molecule has 1 rings (SSSR count). The van der Waals surface area contributed by atoms with Crippen molar-refractivity contribution in [1.82, 2.24) is 4.90 Å². The number of ether oxygens (including phenoxy) is 2. The standard InChI is InChI=1S/C14H19NO5S/c1-5-20-14(16)13(10-15(2)3)21(17,18)12-8-6-11(19-4)7-9-12/h6-10H,5H2,1-4H3/b13-10-. The lowest BCUT2D eigenvalue weighted by Crippen LogP contribution is -2.19. The Morgan fingerprint density at radius 2 is 1.81 bits per heavy atom. The average molecular weight is 313 g/mol. The van der Waals surface area contributed by atoms with Gasteiger partial charge in [0, 0.05) is 20.3 Å². The van der Waals surface area contributed by atoms with Crippen LogP contribution in [0.25, 0.3) is 0 Å². The lowest BCUT2D eigenvalue weighted by atomic mass is 10.3. The van der Waals surface area contributed by atoms with Crippen LogP contribution in [0.2, 0.25) is 0 Å². The first-order valence-electron chi connectivity index (χ1n) is 6.27. The lowest BCUT2D eigenvalue weighted by Gasteiger charge is -2.12. The van der Waals surface area contributed by atoms with Crippen LogP contribution in [-0.2, 0) is 19.4 Å². The molecule has 1 aromatic carbocycles. The van der Waals surface area contributed by atoms with Crippen LogP contribution in [0.4, 0.5) is 0 Å². The highest BCUT2D eigenvalue weighted by Gasteiger charge is 2.28. The molecule has 0 bridgehead atoms. The van der Waals surface area contributed by atoms with Gasteiger partial charge in [0.2, 0.25) is 9.84 Å². The first-order chi connectivity index (χ1) is 9.82. The van der Waals surface area contributed by atoms with Crippen molar-refractivity contribution in [1.29, 1.82) is 0 Å². The molecule has 0 radical (unpaired) electrons. The zero-order chi connectivity index (χ0) is 16.0. The van der Waals surface area contributed by atoms with Gasteiger partial charge in [0.15, 0.2) is 4.91 Å². The normalized spacial score (nSPS) is 11.9. The van der Waals surface area contributed by atoms with Crippen LogP contribution in [0.5, 0.6) is 5.75 Å². The Morgan fingerprint density at radius 3 is 2.24 bits per heavy atom. The maximum Gasteiger partial charge on any atom is 0.351 e. The van der Waals surface area contributed by atoms with Crippen molar-refractivity contribution in [3.8, 4) is 5.75 Å². The topological polar surface area (TPSA) is 72.9 Å². The number of esters is 1. The number of hydrogen-bond donors (Lipinski definition) is 0. The van der Waals surface area contributed by atoms with E-state index < -0.39 is 20.7 Å². The van der Waals surface area contributed by atoms with Crippen molar-refractivity contribution in [3.05, 3.63) is 35.4 Å². The van der Waals surface area contributed by atoms with Gasteiger partial charge in [-0.15, -0.1) is 0 Å². The lowest BCUT2D eigenvalue weighted by molar-refractivity contribution is -0.137. The molecule has 0 amide bonds. The average Bonchev–Trinajstić information content (AvgIpc) is 2.44. The van der Waals surface area contributed by atoms with Gasteiger partial charge in [-0.1, -0.05) is 0 Å². The van der Waals surface area contributed by atoms with Crippen LogP contribution < -0.4 is 4.74 Å². The van der Waals surface area contributed by atoms with Crippen molar-refractivity contribution in [3.63, 3.8) is 0 Å². The van der Waals surface area contributed by atoms with E-state index in [9.17, 15) is 13.2 Å². The Morgan fingerprint density at radius 1 is 1.24 bits per heavy atom. The van der Waals surface area contributed by atoms with E-state index in [0.29, 0.717) is 5.75 Å². The van der Waals surface area contributed by atoms with Crippen molar-refractivity contribution >= 4 is 15.8 Å². The third kappa shape index (κ3) is 4.22. The minimum Gasteiger partial charge on any atom is -0.497 e. The van der Waals surface area contributed by atoms with E-state index in [0.717, 1.165) is 0 Å². The zero-order valence-electron chi connectivity index (χ0n) is 12.5. The molecular weight excluding hydrogens is 294 g/mol. The quantitative estimate of drug-likeness (QED) is 0.584. The molecule has 0 aliphatic rings. The minimum atomic E-state index is -3.95. The van der Waals surface area contributed by atoms with E-state index in [1.807, 2.05) is 0 Å². The molecule has 1 aromatic rings. The SMILES string of the molecule is CCOC(=O)/C(=C/N(C)C)S(=O)(=O)c1ccc(OC)cc1. The van der Waals surface area contributed by atoms with E-state index in [1.54, 1.807) is 21.0 Å². The molecule has 0 heterocycles. The second-order valence-corrected chi connectivity index (χ2v) is 6.27. The summed E-state index contributed by atoms with van der Waals surface area (Å²) in [5.74, 6) is -0.342. The van der Waals surface area contributed by atoms with E-state index in [-0.39, 0.29) is 11.5 Å². The molecule has 116 valence electrons. The van der Waals surface area contributed by atoms with Gasteiger partial charge in [-0.2, -0.15) is 0 Å². The molecule has 0 saturated heterocycles. The number of nitrogens with zero attached hydrogens (tertiary/aromatic N) is 1. The van der Waals surface area contributed by atoms with E-state index in [1.165, 1.54) is 42.5 Å². The fourth-order valence-corrected chi connectivity index (χ4v) is 2.93. The Labute approximate surface area is 124 Å². The highest BCUT2D eigenvalue weighted by molar-refractivity contribution is 7.96. The minimum absolute atomic E-state index is 0.00412. The van der Waals surface area contributed by atoms with Gasteiger partial charge in [0.25, 0.3) is 0 Å². The molecule has 0 spiro atoms. The van der Waals surface area contributed by atoms with Gasteiger partial charge in [-0.3, -0.25) is 0 Å². The largest absolute Gasteiger partial charge is 0.497 e. The summed E-state index contributed by atoms with van der Waals surface area (Å²) in [7, 11) is 0.788. The molecular formula is C14H19NO5S. The first-order valence-corrected chi connectivity index (χ1v) is 7.75. The summed E-state index contributed by atoms with van der Waals surface area (Å²) in [6.07, 6.45) is 1.23. The Hall–Kier alpha value is -2.02. The van der Waals surface area contributed by atoms with Gasteiger partial charge < -0.3 is 14.4 Å². The fraction of sp³-hybridized carbons (Fsp3) is 0.357. The van der Waals surface area contributed by atoms with Gasteiger partial charge in [-0.05, 0) is 31.2 Å². The summed E-state index contributed by atoms with van der Waals surface area (Å²) >= 11 is 0.